The number of nitrogens with zero attached hydrogens (tertiary/aromatic N) is 3. The fourth-order valence-electron chi connectivity index (χ4n) is 3.31. The van der Waals surface area contributed by atoms with Crippen LogP contribution in [0.2, 0.25) is 0 Å². The van der Waals surface area contributed by atoms with E-state index < -0.39 is 0 Å². The second-order valence-electron chi connectivity index (χ2n) is 6.84. The first-order valence-electron chi connectivity index (χ1n) is 8.98. The van der Waals surface area contributed by atoms with E-state index in [1.807, 2.05) is 43.3 Å². The molecular weight excluding hydrogens is 350 g/mol. The van der Waals surface area contributed by atoms with E-state index in [0.717, 1.165) is 33.3 Å². The third-order valence-corrected chi connectivity index (χ3v) is 5.61. The molecule has 0 unspecified atom stereocenters. The predicted octanol–water partition coefficient (Wildman–Crippen LogP) is 6.42. The summed E-state index contributed by atoms with van der Waals surface area (Å²) in [5, 5.41) is 0.938. The van der Waals surface area contributed by atoms with Crippen molar-refractivity contribution in [1.82, 2.24) is 9.97 Å². The first-order valence-corrected chi connectivity index (χ1v) is 9.79. The van der Waals surface area contributed by atoms with Crippen molar-refractivity contribution >= 4 is 33.0 Å². The molecule has 3 nitrogen and oxygen atoms in total. The third-order valence-electron chi connectivity index (χ3n) is 4.55. The van der Waals surface area contributed by atoms with Crippen LogP contribution in [0.3, 0.4) is 0 Å². The van der Waals surface area contributed by atoms with Crippen molar-refractivity contribution in [2.75, 3.05) is 0 Å². The largest absolute Gasteiger partial charge is 0.251 e. The Hall–Kier alpha value is -2.85. The summed E-state index contributed by atoms with van der Waals surface area (Å²) in [6, 6.07) is 18.6. The highest BCUT2D eigenvalue weighted by atomic mass is 32.1. The molecule has 2 heterocycles. The van der Waals surface area contributed by atoms with Gasteiger partial charge in [-0.3, -0.25) is 4.99 Å². The number of hydrogen-bond donors (Lipinski definition) is 0. The lowest BCUT2D eigenvalue weighted by Gasteiger charge is -2.09. The van der Waals surface area contributed by atoms with E-state index in [1.54, 1.807) is 11.3 Å². The van der Waals surface area contributed by atoms with Crippen molar-refractivity contribution in [3.8, 4) is 10.7 Å². The molecule has 27 heavy (non-hydrogen) atoms. The Morgan fingerprint density at radius 1 is 0.889 bits per heavy atom. The molecule has 134 valence electrons. The number of aliphatic imine (C=N–C) groups is 1. The average Bonchev–Trinajstić information content (AvgIpc) is 3.09. The third kappa shape index (κ3) is 3.53. The van der Waals surface area contributed by atoms with Gasteiger partial charge < -0.3 is 0 Å². The van der Waals surface area contributed by atoms with E-state index >= 15 is 0 Å². The fourth-order valence-corrected chi connectivity index (χ4v) is 4.25. The van der Waals surface area contributed by atoms with Gasteiger partial charge in [0.2, 0.25) is 0 Å². The number of hydrogen-bond acceptors (Lipinski definition) is 4. The van der Waals surface area contributed by atoms with Crippen molar-refractivity contribution in [3.05, 3.63) is 77.0 Å². The molecule has 0 aliphatic carbocycles. The molecular formula is C23H21N3S. The van der Waals surface area contributed by atoms with Gasteiger partial charge in [0.15, 0.2) is 0 Å². The van der Waals surface area contributed by atoms with Gasteiger partial charge in [0.05, 0.1) is 33.0 Å². The minimum absolute atomic E-state index is 0.881. The normalized spacial score (nSPS) is 11.9. The smallest absolute Gasteiger partial charge is 0.143 e. The molecule has 0 amide bonds. The molecule has 0 radical (unpaired) electrons. The highest BCUT2D eigenvalue weighted by molar-refractivity contribution is 7.21. The standard InChI is InChI=1S/C23H21N3S/c1-14-12-15(2)22(16(3)13-14)24-17(4)18-9-7-10-20(25-18)23-26-19-8-5-6-11-21(19)27-23/h5-13H,1-4H3. The summed E-state index contributed by atoms with van der Waals surface area (Å²) in [5.74, 6) is 0. The van der Waals surface area contributed by atoms with Crippen LogP contribution < -0.4 is 0 Å². The summed E-state index contributed by atoms with van der Waals surface area (Å²) < 4.78 is 1.18. The molecule has 0 aliphatic rings. The van der Waals surface area contributed by atoms with Gasteiger partial charge in [-0.1, -0.05) is 35.9 Å². The summed E-state index contributed by atoms with van der Waals surface area (Å²) in [6.45, 7) is 8.35. The second-order valence-corrected chi connectivity index (χ2v) is 7.87. The molecule has 0 saturated heterocycles. The van der Waals surface area contributed by atoms with Crippen molar-refractivity contribution in [2.45, 2.75) is 27.7 Å². The van der Waals surface area contributed by atoms with Gasteiger partial charge in [-0.2, -0.15) is 0 Å². The van der Waals surface area contributed by atoms with Crippen LogP contribution in [0.5, 0.6) is 0 Å². The minimum atomic E-state index is 0.881. The van der Waals surface area contributed by atoms with Crippen molar-refractivity contribution < 1.29 is 0 Å². The number of pyridine rings is 1. The van der Waals surface area contributed by atoms with Crippen LogP contribution in [0.1, 0.15) is 29.3 Å². The molecule has 4 rings (SSSR count). The van der Waals surface area contributed by atoms with Gasteiger partial charge in [-0.15, -0.1) is 11.3 Å². The number of para-hydroxylation sites is 1. The highest BCUT2D eigenvalue weighted by Crippen LogP contribution is 2.29. The molecule has 4 aromatic rings. The summed E-state index contributed by atoms with van der Waals surface area (Å²) in [5.41, 5.74) is 8.37. The summed E-state index contributed by atoms with van der Waals surface area (Å²) in [6.07, 6.45) is 0. The number of thiazole rings is 1. The Balaban J connectivity index is 1.74. The van der Waals surface area contributed by atoms with Crippen molar-refractivity contribution in [2.24, 2.45) is 4.99 Å². The lowest BCUT2D eigenvalue weighted by Crippen LogP contribution is -2.00. The zero-order chi connectivity index (χ0) is 19.0. The van der Waals surface area contributed by atoms with Gasteiger partial charge in [-0.05, 0) is 63.1 Å². The highest BCUT2D eigenvalue weighted by Gasteiger charge is 2.10. The number of rotatable bonds is 3. The minimum Gasteiger partial charge on any atom is -0.251 e. The van der Waals surface area contributed by atoms with Crippen LogP contribution in [-0.4, -0.2) is 15.7 Å². The van der Waals surface area contributed by atoms with E-state index in [-0.39, 0.29) is 0 Å². The topological polar surface area (TPSA) is 38.1 Å². The molecule has 0 atom stereocenters. The van der Waals surface area contributed by atoms with Crippen LogP contribution in [-0.2, 0) is 0 Å². The van der Waals surface area contributed by atoms with Crippen LogP contribution in [0, 0.1) is 20.8 Å². The second kappa shape index (κ2) is 7.05. The first-order chi connectivity index (χ1) is 13.0. The van der Waals surface area contributed by atoms with Gasteiger partial charge in [0, 0.05) is 0 Å². The van der Waals surface area contributed by atoms with Gasteiger partial charge in [-0.25, -0.2) is 9.97 Å². The number of fused-ring (bicyclic) bond motifs is 1. The van der Waals surface area contributed by atoms with E-state index in [2.05, 4.69) is 39.0 Å². The molecule has 0 saturated carbocycles. The van der Waals surface area contributed by atoms with Crippen molar-refractivity contribution in [3.63, 3.8) is 0 Å². The van der Waals surface area contributed by atoms with Gasteiger partial charge in [0.25, 0.3) is 0 Å². The van der Waals surface area contributed by atoms with Gasteiger partial charge in [0.1, 0.15) is 5.01 Å². The lowest BCUT2D eigenvalue weighted by atomic mass is 10.1. The zero-order valence-electron chi connectivity index (χ0n) is 15.9. The molecule has 4 heteroatoms. The number of benzene rings is 2. The average molecular weight is 372 g/mol. The van der Waals surface area contributed by atoms with Crippen molar-refractivity contribution in [1.29, 1.82) is 0 Å². The Bertz CT molecular complexity index is 1120. The quantitative estimate of drug-likeness (QED) is 0.389. The molecule has 0 N–H and O–H groups in total. The maximum Gasteiger partial charge on any atom is 0.143 e. The van der Waals surface area contributed by atoms with E-state index in [0.29, 0.717) is 0 Å². The molecule has 0 fully saturated rings. The van der Waals surface area contributed by atoms with Crippen LogP contribution in [0.25, 0.3) is 20.9 Å². The zero-order valence-corrected chi connectivity index (χ0v) is 16.8. The number of aromatic nitrogens is 2. The first kappa shape index (κ1) is 17.6. The maximum atomic E-state index is 4.88. The van der Waals surface area contributed by atoms with Gasteiger partial charge >= 0.3 is 0 Å². The molecule has 2 aromatic carbocycles. The van der Waals surface area contributed by atoms with E-state index in [4.69, 9.17) is 15.0 Å². The summed E-state index contributed by atoms with van der Waals surface area (Å²) >= 11 is 1.67. The number of aryl methyl sites for hydroxylation is 3. The predicted molar refractivity (Wildman–Crippen MR) is 115 cm³/mol. The van der Waals surface area contributed by atoms with Crippen LogP contribution in [0.4, 0.5) is 5.69 Å². The van der Waals surface area contributed by atoms with Crippen LogP contribution >= 0.6 is 11.3 Å². The van der Waals surface area contributed by atoms with E-state index in [9.17, 15) is 0 Å². The lowest BCUT2D eigenvalue weighted by molar-refractivity contribution is 1.25. The molecule has 0 spiro atoms. The Morgan fingerprint density at radius 2 is 1.63 bits per heavy atom. The molecule has 0 bridgehead atoms. The summed E-state index contributed by atoms with van der Waals surface area (Å²) in [4.78, 5) is 14.4. The Morgan fingerprint density at radius 3 is 2.37 bits per heavy atom. The Labute approximate surface area is 163 Å². The monoisotopic (exact) mass is 371 g/mol. The van der Waals surface area contributed by atoms with E-state index in [1.165, 1.54) is 21.4 Å². The molecule has 2 aromatic heterocycles. The summed E-state index contributed by atoms with van der Waals surface area (Å²) in [7, 11) is 0. The Kier molecular flexibility index (Phi) is 4.58. The molecule has 0 aliphatic heterocycles. The fraction of sp³-hybridized carbons (Fsp3) is 0.174. The maximum absolute atomic E-state index is 4.88. The van der Waals surface area contributed by atoms with Crippen LogP contribution in [0.15, 0.2) is 59.6 Å². The SMILES string of the molecule is CC(=Nc1c(C)cc(C)cc1C)c1cccc(-c2nc3ccccc3s2)n1.